The van der Waals surface area contributed by atoms with Crippen LogP contribution in [0.1, 0.15) is 35.7 Å². The van der Waals surface area contributed by atoms with Gasteiger partial charge in [-0.1, -0.05) is 30.3 Å². The lowest BCUT2D eigenvalue weighted by molar-refractivity contribution is -0.235. The van der Waals surface area contributed by atoms with E-state index in [1.165, 1.54) is 0 Å². The highest BCUT2D eigenvalue weighted by Crippen LogP contribution is 2.48. The van der Waals surface area contributed by atoms with Crippen LogP contribution in [0.5, 0.6) is 11.5 Å². The molecule has 0 aliphatic carbocycles. The lowest BCUT2D eigenvalue weighted by Crippen LogP contribution is -2.65. The van der Waals surface area contributed by atoms with Crippen LogP contribution in [-0.4, -0.2) is 62.9 Å². The first kappa shape index (κ1) is 29.5. The van der Waals surface area contributed by atoms with Gasteiger partial charge in [-0.25, -0.2) is 14.8 Å². The summed E-state index contributed by atoms with van der Waals surface area (Å²) in [5.41, 5.74) is -0.695. The van der Waals surface area contributed by atoms with E-state index >= 15 is 0 Å². The molecule has 1 amide bonds. The minimum atomic E-state index is -4.77. The quantitative estimate of drug-likeness (QED) is 0.224. The number of ether oxygens (including phenoxy) is 2. The van der Waals surface area contributed by atoms with Crippen molar-refractivity contribution in [2.45, 2.75) is 43.4 Å². The highest BCUT2D eigenvalue weighted by Gasteiger charge is 2.62. The Morgan fingerprint density at radius 3 is 2.62 bits per heavy atom. The van der Waals surface area contributed by atoms with Crippen LogP contribution >= 0.6 is 15.9 Å². The van der Waals surface area contributed by atoms with Crippen molar-refractivity contribution < 1.29 is 32.5 Å². The van der Waals surface area contributed by atoms with Crippen molar-refractivity contribution in [1.29, 1.82) is 0 Å². The second-order valence-electron chi connectivity index (χ2n) is 10.1. The van der Waals surface area contributed by atoms with Crippen LogP contribution in [0.25, 0.3) is 5.52 Å². The molecule has 3 heterocycles. The average Bonchev–Trinajstić information content (AvgIpc) is 3.32. The van der Waals surface area contributed by atoms with E-state index in [0.29, 0.717) is 50.3 Å². The number of hydrogen-bond donors (Lipinski definition) is 2. The van der Waals surface area contributed by atoms with E-state index in [0.717, 1.165) is 5.56 Å². The molecule has 0 saturated carbocycles. The average molecular weight is 648 g/mol. The predicted molar refractivity (Wildman–Crippen MR) is 153 cm³/mol. The van der Waals surface area contributed by atoms with Crippen molar-refractivity contribution in [1.82, 2.24) is 19.3 Å². The number of amides is 1. The van der Waals surface area contributed by atoms with Gasteiger partial charge in [0, 0.05) is 49.5 Å². The highest BCUT2D eigenvalue weighted by atomic mass is 79.9. The van der Waals surface area contributed by atoms with Crippen LogP contribution in [0.2, 0.25) is 0 Å². The number of carbonyl (C=O) groups is 1. The van der Waals surface area contributed by atoms with Crippen molar-refractivity contribution in [3.05, 3.63) is 82.5 Å². The second kappa shape index (κ2) is 11.7. The number of methoxy groups -OCH3 is 2. The fraction of sp³-hybridized carbons (Fsp3) is 0.345. The van der Waals surface area contributed by atoms with Crippen LogP contribution in [-0.2, 0) is 13.0 Å². The molecule has 2 aromatic carbocycles. The predicted octanol–water partition coefficient (Wildman–Crippen LogP) is 6.52. The number of halogens is 4. The number of nitrogens with zero attached hydrogens (tertiary/aromatic N) is 4. The third-order valence-corrected chi connectivity index (χ3v) is 8.32. The standard InChI is InChI=1S/C29H29BrF3N5O4/c1-41-21-9-8-19(22(14-21)42-2)16-35-25-23-24(30)36-26(37(23)13-12-34-25)20-10-11-28(29(31,32)33,38(17-20)27(39)40)15-18-6-4-3-5-7-18/h3-9,12-14,20H,10-11,15-17H2,1-2H3,(H,34,35)(H,39,40)/t20-,28-/m1/s1. The summed E-state index contributed by atoms with van der Waals surface area (Å²) in [5, 5.41) is 13.3. The van der Waals surface area contributed by atoms with E-state index in [1.54, 1.807) is 67.4 Å². The third kappa shape index (κ3) is 5.44. The van der Waals surface area contributed by atoms with E-state index < -0.39 is 36.6 Å². The molecule has 0 bridgehead atoms. The first-order valence-corrected chi connectivity index (χ1v) is 14.0. The van der Waals surface area contributed by atoms with Crippen molar-refractivity contribution in [3.8, 4) is 11.5 Å². The normalized spacial score (nSPS) is 19.1. The molecular weight excluding hydrogens is 619 g/mol. The molecule has 222 valence electrons. The molecule has 1 aliphatic heterocycles. The number of imidazole rings is 1. The molecule has 0 spiro atoms. The Kier molecular flexibility index (Phi) is 8.22. The maximum atomic E-state index is 14.7. The Balaban J connectivity index is 1.45. The molecule has 1 aliphatic rings. The van der Waals surface area contributed by atoms with Gasteiger partial charge in [0.2, 0.25) is 0 Å². The molecule has 4 aromatic rings. The maximum absolute atomic E-state index is 14.7. The summed E-state index contributed by atoms with van der Waals surface area (Å²) in [6.45, 7) is -0.00202. The SMILES string of the molecule is COc1ccc(CNc2nccn3c([C@@H]4CC[C@@](Cc5ccccc5)(C(F)(F)F)N(C(=O)O)C4)nc(Br)c23)c(OC)c1. The van der Waals surface area contributed by atoms with Gasteiger partial charge >= 0.3 is 12.3 Å². The number of benzene rings is 2. The van der Waals surface area contributed by atoms with Gasteiger partial charge in [0.15, 0.2) is 5.82 Å². The fourth-order valence-electron chi connectivity index (χ4n) is 5.63. The number of nitrogens with one attached hydrogen (secondary N) is 1. The van der Waals surface area contributed by atoms with E-state index in [-0.39, 0.29) is 13.0 Å². The molecule has 2 aromatic heterocycles. The monoisotopic (exact) mass is 647 g/mol. The molecular formula is C29H29BrF3N5O4. The fourth-order valence-corrected chi connectivity index (χ4v) is 6.19. The van der Waals surface area contributed by atoms with E-state index in [4.69, 9.17) is 9.47 Å². The molecule has 9 nitrogen and oxygen atoms in total. The zero-order chi connectivity index (χ0) is 30.1. The summed E-state index contributed by atoms with van der Waals surface area (Å²) in [6, 6.07) is 13.6. The topological polar surface area (TPSA) is 101 Å². The van der Waals surface area contributed by atoms with Crippen molar-refractivity contribution in [2.24, 2.45) is 0 Å². The van der Waals surface area contributed by atoms with E-state index in [2.05, 4.69) is 31.2 Å². The number of alkyl halides is 3. The number of rotatable bonds is 8. The Bertz CT molecular complexity index is 1580. The number of anilines is 1. The van der Waals surface area contributed by atoms with Gasteiger partial charge in [0.1, 0.15) is 33.0 Å². The molecule has 2 N–H and O–H groups in total. The molecule has 0 unspecified atom stereocenters. The summed E-state index contributed by atoms with van der Waals surface area (Å²) >= 11 is 3.49. The lowest BCUT2D eigenvalue weighted by Gasteiger charge is -2.48. The molecule has 1 fully saturated rings. The zero-order valence-electron chi connectivity index (χ0n) is 22.9. The number of aromatic nitrogens is 3. The second-order valence-corrected chi connectivity index (χ2v) is 10.9. The Labute approximate surface area is 248 Å². The zero-order valence-corrected chi connectivity index (χ0v) is 24.4. The molecule has 13 heteroatoms. The number of fused-ring (bicyclic) bond motifs is 1. The Morgan fingerprint density at radius 1 is 1.19 bits per heavy atom. The smallest absolute Gasteiger partial charge is 0.412 e. The number of hydrogen-bond acceptors (Lipinski definition) is 6. The summed E-state index contributed by atoms with van der Waals surface area (Å²) < 4.78 is 57.0. The third-order valence-electron chi connectivity index (χ3n) is 7.77. The molecule has 42 heavy (non-hydrogen) atoms. The van der Waals surface area contributed by atoms with Gasteiger partial charge in [-0.15, -0.1) is 0 Å². The molecule has 1 saturated heterocycles. The highest BCUT2D eigenvalue weighted by molar-refractivity contribution is 9.10. The molecule has 2 atom stereocenters. The van der Waals surface area contributed by atoms with Crippen LogP contribution in [0.4, 0.5) is 23.8 Å². The molecule has 0 radical (unpaired) electrons. The summed E-state index contributed by atoms with van der Waals surface area (Å²) in [4.78, 5) is 22.0. The number of carboxylic acid groups (broad SMARTS) is 1. The van der Waals surface area contributed by atoms with Crippen LogP contribution in [0.3, 0.4) is 0 Å². The Morgan fingerprint density at radius 2 is 1.95 bits per heavy atom. The van der Waals surface area contributed by atoms with E-state index in [1.807, 2.05) is 12.1 Å². The van der Waals surface area contributed by atoms with Gasteiger partial charge in [-0.3, -0.25) is 9.30 Å². The van der Waals surface area contributed by atoms with Gasteiger partial charge in [0.05, 0.1) is 14.2 Å². The van der Waals surface area contributed by atoms with Gasteiger partial charge < -0.3 is 19.9 Å². The number of piperidine rings is 1. The van der Waals surface area contributed by atoms with E-state index in [9.17, 15) is 23.1 Å². The van der Waals surface area contributed by atoms with Gasteiger partial charge in [0.25, 0.3) is 0 Å². The minimum Gasteiger partial charge on any atom is -0.497 e. The van der Waals surface area contributed by atoms with Crippen molar-refractivity contribution in [3.63, 3.8) is 0 Å². The van der Waals surface area contributed by atoms with Crippen LogP contribution in [0.15, 0.2) is 65.5 Å². The first-order valence-electron chi connectivity index (χ1n) is 13.2. The largest absolute Gasteiger partial charge is 0.497 e. The summed E-state index contributed by atoms with van der Waals surface area (Å²) in [5.74, 6) is 1.64. The van der Waals surface area contributed by atoms with Crippen LogP contribution < -0.4 is 14.8 Å². The van der Waals surface area contributed by atoms with Crippen molar-refractivity contribution >= 4 is 33.4 Å². The van der Waals surface area contributed by atoms with Crippen LogP contribution in [0, 0.1) is 0 Å². The first-order chi connectivity index (χ1) is 20.1. The minimum absolute atomic E-state index is 0.0931. The van der Waals surface area contributed by atoms with Gasteiger partial charge in [-0.2, -0.15) is 13.2 Å². The van der Waals surface area contributed by atoms with Gasteiger partial charge in [-0.05, 0) is 46.5 Å². The Hall–Kier alpha value is -4.00. The number of likely N-dealkylation sites (tertiary alicyclic amines) is 1. The summed E-state index contributed by atoms with van der Waals surface area (Å²) in [6.07, 6.45) is -3.93. The lowest BCUT2D eigenvalue weighted by atomic mass is 9.77. The molecule has 5 rings (SSSR count). The summed E-state index contributed by atoms with van der Waals surface area (Å²) in [7, 11) is 3.13. The maximum Gasteiger partial charge on any atom is 0.412 e. The van der Waals surface area contributed by atoms with Crippen molar-refractivity contribution in [2.75, 3.05) is 26.1 Å².